The molecule has 0 aromatic heterocycles. The van der Waals surface area contributed by atoms with E-state index in [-0.39, 0.29) is 17.7 Å². The molecule has 0 spiro atoms. The van der Waals surface area contributed by atoms with Crippen LogP contribution in [-0.2, 0) is 9.59 Å². The standard InChI is InChI=1S/C13H23N3O2/c17-12(16-11-5-6-11)4-2-8-15-13(18)10-3-1-7-14-9-10/h10-11,14H,1-9H2,(H,15,18)(H,16,17)/t10-/m1/s1. The largest absolute Gasteiger partial charge is 0.356 e. The predicted octanol–water partition coefficient (Wildman–Crippen LogP) is 0.161. The molecule has 0 aromatic carbocycles. The number of amides is 2. The van der Waals surface area contributed by atoms with Gasteiger partial charge in [-0.2, -0.15) is 0 Å². The van der Waals surface area contributed by atoms with Crippen molar-refractivity contribution in [3.05, 3.63) is 0 Å². The van der Waals surface area contributed by atoms with Crippen molar-refractivity contribution in [1.29, 1.82) is 0 Å². The Morgan fingerprint density at radius 2 is 2.06 bits per heavy atom. The lowest BCUT2D eigenvalue weighted by atomic mass is 9.99. The molecule has 1 saturated heterocycles. The highest BCUT2D eigenvalue weighted by Gasteiger charge is 2.23. The van der Waals surface area contributed by atoms with Crippen LogP contribution in [0.3, 0.4) is 0 Å². The maximum Gasteiger partial charge on any atom is 0.224 e. The first-order chi connectivity index (χ1) is 8.75. The first-order valence-corrected chi connectivity index (χ1v) is 7.03. The maximum atomic E-state index is 11.8. The molecule has 1 aliphatic carbocycles. The fraction of sp³-hybridized carbons (Fsp3) is 0.846. The molecule has 3 N–H and O–H groups in total. The average molecular weight is 253 g/mol. The van der Waals surface area contributed by atoms with Crippen LogP contribution in [0.15, 0.2) is 0 Å². The molecule has 0 bridgehead atoms. The highest BCUT2D eigenvalue weighted by Crippen LogP contribution is 2.18. The second-order valence-corrected chi connectivity index (χ2v) is 5.28. The van der Waals surface area contributed by atoms with Gasteiger partial charge < -0.3 is 16.0 Å². The van der Waals surface area contributed by atoms with E-state index in [1.54, 1.807) is 0 Å². The van der Waals surface area contributed by atoms with E-state index in [4.69, 9.17) is 0 Å². The summed E-state index contributed by atoms with van der Waals surface area (Å²) in [6, 6.07) is 0.431. The molecule has 0 unspecified atom stereocenters. The Labute approximate surface area is 108 Å². The minimum Gasteiger partial charge on any atom is -0.356 e. The first-order valence-electron chi connectivity index (χ1n) is 7.03. The van der Waals surface area contributed by atoms with E-state index in [0.29, 0.717) is 19.0 Å². The summed E-state index contributed by atoms with van der Waals surface area (Å²) in [5.74, 6) is 0.356. The van der Waals surface area contributed by atoms with Crippen molar-refractivity contribution in [2.24, 2.45) is 5.92 Å². The van der Waals surface area contributed by atoms with E-state index >= 15 is 0 Å². The predicted molar refractivity (Wildman–Crippen MR) is 69.0 cm³/mol. The highest BCUT2D eigenvalue weighted by atomic mass is 16.2. The zero-order valence-electron chi connectivity index (χ0n) is 10.8. The van der Waals surface area contributed by atoms with Gasteiger partial charge in [0, 0.05) is 25.6 Å². The zero-order valence-corrected chi connectivity index (χ0v) is 10.8. The molecule has 1 saturated carbocycles. The summed E-state index contributed by atoms with van der Waals surface area (Å²) in [5.41, 5.74) is 0. The second-order valence-electron chi connectivity index (χ2n) is 5.28. The van der Waals surface area contributed by atoms with E-state index in [1.165, 1.54) is 0 Å². The normalized spacial score (nSPS) is 23.4. The van der Waals surface area contributed by atoms with Crippen molar-refractivity contribution in [3.8, 4) is 0 Å². The van der Waals surface area contributed by atoms with Crippen LogP contribution < -0.4 is 16.0 Å². The van der Waals surface area contributed by atoms with Crippen molar-refractivity contribution in [3.63, 3.8) is 0 Å². The smallest absolute Gasteiger partial charge is 0.224 e. The summed E-state index contributed by atoms with van der Waals surface area (Å²) >= 11 is 0. The Balaban J connectivity index is 1.51. The van der Waals surface area contributed by atoms with Gasteiger partial charge in [0.2, 0.25) is 11.8 Å². The molecular weight excluding hydrogens is 230 g/mol. The Morgan fingerprint density at radius 1 is 1.22 bits per heavy atom. The lowest BCUT2D eigenvalue weighted by Gasteiger charge is -2.21. The molecule has 2 rings (SSSR count). The number of hydrogen-bond acceptors (Lipinski definition) is 3. The molecule has 5 heteroatoms. The molecule has 1 heterocycles. The van der Waals surface area contributed by atoms with Crippen molar-refractivity contribution < 1.29 is 9.59 Å². The number of rotatable bonds is 6. The number of nitrogens with one attached hydrogen (secondary N) is 3. The molecule has 0 radical (unpaired) electrons. The lowest BCUT2D eigenvalue weighted by Crippen LogP contribution is -2.41. The van der Waals surface area contributed by atoms with E-state index in [9.17, 15) is 9.59 Å². The summed E-state index contributed by atoms with van der Waals surface area (Å²) < 4.78 is 0. The van der Waals surface area contributed by atoms with Gasteiger partial charge in [0.15, 0.2) is 0 Å². The van der Waals surface area contributed by atoms with Crippen LogP contribution in [0, 0.1) is 5.92 Å². The van der Waals surface area contributed by atoms with Gasteiger partial charge >= 0.3 is 0 Å². The SMILES string of the molecule is O=C(CCCNC(=O)[C@@H]1CCCNC1)NC1CC1. The summed E-state index contributed by atoms with van der Waals surface area (Å²) in [4.78, 5) is 23.2. The van der Waals surface area contributed by atoms with Gasteiger partial charge in [-0.15, -0.1) is 0 Å². The van der Waals surface area contributed by atoms with Crippen molar-refractivity contribution in [1.82, 2.24) is 16.0 Å². The summed E-state index contributed by atoms with van der Waals surface area (Å²) in [5, 5.41) is 9.09. The Bertz CT molecular complexity index is 297. The van der Waals surface area contributed by atoms with Crippen molar-refractivity contribution in [2.75, 3.05) is 19.6 Å². The molecule has 102 valence electrons. The van der Waals surface area contributed by atoms with Gasteiger partial charge in [-0.05, 0) is 38.6 Å². The van der Waals surface area contributed by atoms with E-state index in [0.717, 1.165) is 45.2 Å². The third-order valence-corrected chi connectivity index (χ3v) is 3.49. The van der Waals surface area contributed by atoms with Gasteiger partial charge in [0.25, 0.3) is 0 Å². The van der Waals surface area contributed by atoms with Crippen LogP contribution in [0.4, 0.5) is 0 Å². The summed E-state index contributed by atoms with van der Waals surface area (Å²) in [6.07, 6.45) is 5.53. The molecule has 1 atom stereocenters. The van der Waals surface area contributed by atoms with E-state index in [1.807, 2.05) is 0 Å². The summed E-state index contributed by atoms with van der Waals surface area (Å²) in [7, 11) is 0. The molecule has 0 aromatic rings. The molecule has 2 fully saturated rings. The van der Waals surface area contributed by atoms with Crippen LogP contribution in [-0.4, -0.2) is 37.5 Å². The average Bonchev–Trinajstić information content (AvgIpc) is 3.19. The molecule has 1 aliphatic heterocycles. The third-order valence-electron chi connectivity index (χ3n) is 3.49. The zero-order chi connectivity index (χ0) is 12.8. The van der Waals surface area contributed by atoms with E-state index < -0.39 is 0 Å². The van der Waals surface area contributed by atoms with Gasteiger partial charge in [-0.3, -0.25) is 9.59 Å². The number of carbonyl (C=O) groups is 2. The first kappa shape index (κ1) is 13.3. The van der Waals surface area contributed by atoms with Crippen molar-refractivity contribution >= 4 is 11.8 Å². The molecule has 5 nitrogen and oxygen atoms in total. The summed E-state index contributed by atoms with van der Waals surface area (Å²) in [6.45, 7) is 2.41. The number of piperidine rings is 1. The maximum absolute atomic E-state index is 11.8. The lowest BCUT2D eigenvalue weighted by molar-refractivity contribution is -0.126. The van der Waals surface area contributed by atoms with Crippen LogP contribution >= 0.6 is 0 Å². The van der Waals surface area contributed by atoms with Crippen LogP contribution in [0.2, 0.25) is 0 Å². The Hall–Kier alpha value is -1.10. The Morgan fingerprint density at radius 3 is 2.72 bits per heavy atom. The minimum absolute atomic E-state index is 0.110. The highest BCUT2D eigenvalue weighted by molar-refractivity contribution is 5.79. The molecular formula is C13H23N3O2. The van der Waals surface area contributed by atoms with Crippen LogP contribution in [0.25, 0.3) is 0 Å². The second kappa shape index (κ2) is 6.73. The van der Waals surface area contributed by atoms with Crippen molar-refractivity contribution in [2.45, 2.75) is 44.6 Å². The van der Waals surface area contributed by atoms with Gasteiger partial charge in [-0.25, -0.2) is 0 Å². The van der Waals surface area contributed by atoms with E-state index in [2.05, 4.69) is 16.0 Å². The van der Waals surface area contributed by atoms with Gasteiger partial charge in [-0.1, -0.05) is 0 Å². The minimum atomic E-state index is 0.110. The van der Waals surface area contributed by atoms with Gasteiger partial charge in [0.05, 0.1) is 5.92 Å². The fourth-order valence-electron chi connectivity index (χ4n) is 2.21. The number of carbonyl (C=O) groups excluding carboxylic acids is 2. The molecule has 2 aliphatic rings. The van der Waals surface area contributed by atoms with Crippen LogP contribution in [0.5, 0.6) is 0 Å². The quantitative estimate of drug-likeness (QED) is 0.591. The van der Waals surface area contributed by atoms with Crippen LogP contribution in [0.1, 0.15) is 38.5 Å². The Kier molecular flexibility index (Phi) is 4.99. The topological polar surface area (TPSA) is 70.2 Å². The third kappa shape index (κ3) is 4.64. The van der Waals surface area contributed by atoms with Gasteiger partial charge in [0.1, 0.15) is 0 Å². The fourth-order valence-corrected chi connectivity index (χ4v) is 2.21. The molecule has 18 heavy (non-hydrogen) atoms. The monoisotopic (exact) mass is 253 g/mol. The molecule has 2 amide bonds. The number of hydrogen-bond donors (Lipinski definition) is 3.